The maximum atomic E-state index is 4.64. The summed E-state index contributed by atoms with van der Waals surface area (Å²) in [5.74, 6) is 1.97. The van der Waals surface area contributed by atoms with Gasteiger partial charge in [-0.3, -0.25) is 0 Å². The van der Waals surface area contributed by atoms with Crippen molar-refractivity contribution >= 4 is 5.82 Å². The molecule has 0 aromatic carbocycles. The van der Waals surface area contributed by atoms with Gasteiger partial charge in [-0.05, 0) is 26.2 Å². The van der Waals surface area contributed by atoms with Crippen molar-refractivity contribution in [3.05, 3.63) is 29.7 Å². The lowest BCUT2D eigenvalue weighted by molar-refractivity contribution is 0.675. The van der Waals surface area contributed by atoms with Crippen LogP contribution in [0, 0.1) is 6.92 Å². The predicted molar refractivity (Wildman–Crippen MR) is 72.6 cm³/mol. The third kappa shape index (κ3) is 2.70. The molecular weight excluding hydrogens is 224 g/mol. The fraction of sp³-hybridized carbons (Fsp3) is 0.571. The van der Waals surface area contributed by atoms with Crippen LogP contribution in [0.4, 0.5) is 5.82 Å². The molecular formula is C14H20N4. The summed E-state index contributed by atoms with van der Waals surface area (Å²) in [6.45, 7) is 4.87. The van der Waals surface area contributed by atoms with Crippen molar-refractivity contribution in [3.63, 3.8) is 0 Å². The van der Waals surface area contributed by atoms with Crippen LogP contribution in [0.1, 0.15) is 30.7 Å². The van der Waals surface area contributed by atoms with Gasteiger partial charge in [0.1, 0.15) is 11.6 Å². The van der Waals surface area contributed by atoms with E-state index >= 15 is 0 Å². The second kappa shape index (κ2) is 5.06. The van der Waals surface area contributed by atoms with E-state index in [1.807, 2.05) is 13.1 Å². The van der Waals surface area contributed by atoms with Crippen LogP contribution in [0.25, 0.3) is 0 Å². The zero-order valence-electron chi connectivity index (χ0n) is 10.9. The quantitative estimate of drug-likeness (QED) is 0.820. The van der Waals surface area contributed by atoms with Crippen molar-refractivity contribution in [1.82, 2.24) is 15.3 Å². The molecule has 1 aliphatic carbocycles. The summed E-state index contributed by atoms with van der Waals surface area (Å²) in [7, 11) is 0. The highest BCUT2D eigenvalue weighted by molar-refractivity contribution is 5.47. The second-order valence-electron chi connectivity index (χ2n) is 5.13. The Labute approximate surface area is 108 Å². The van der Waals surface area contributed by atoms with Gasteiger partial charge < -0.3 is 10.2 Å². The van der Waals surface area contributed by atoms with E-state index in [-0.39, 0.29) is 0 Å². The summed E-state index contributed by atoms with van der Waals surface area (Å²) in [6.07, 6.45) is 10.2. The van der Waals surface area contributed by atoms with Crippen LogP contribution in [-0.2, 0) is 6.54 Å². The van der Waals surface area contributed by atoms with Gasteiger partial charge in [0.05, 0.1) is 0 Å². The number of nitrogens with one attached hydrogen (secondary N) is 1. The number of anilines is 1. The molecule has 18 heavy (non-hydrogen) atoms. The molecule has 1 aromatic heterocycles. The van der Waals surface area contributed by atoms with Crippen LogP contribution in [0.15, 0.2) is 18.3 Å². The van der Waals surface area contributed by atoms with E-state index < -0.39 is 0 Å². The van der Waals surface area contributed by atoms with Crippen molar-refractivity contribution in [2.24, 2.45) is 0 Å². The lowest BCUT2D eigenvalue weighted by Gasteiger charge is -2.26. The van der Waals surface area contributed by atoms with Crippen molar-refractivity contribution in [2.75, 3.05) is 18.0 Å². The van der Waals surface area contributed by atoms with Gasteiger partial charge in [0.25, 0.3) is 0 Å². The smallest absolute Gasteiger partial charge is 0.137 e. The van der Waals surface area contributed by atoms with Crippen LogP contribution >= 0.6 is 0 Å². The minimum absolute atomic E-state index is 0.723. The monoisotopic (exact) mass is 244 g/mol. The Bertz CT molecular complexity index is 451. The Balaban J connectivity index is 1.79. The van der Waals surface area contributed by atoms with Gasteiger partial charge in [0.15, 0.2) is 0 Å². The molecule has 0 bridgehead atoms. The molecule has 0 spiro atoms. The topological polar surface area (TPSA) is 41.1 Å². The molecule has 0 unspecified atom stereocenters. The molecule has 0 amide bonds. The van der Waals surface area contributed by atoms with Crippen molar-refractivity contribution in [3.8, 4) is 0 Å². The first-order chi connectivity index (χ1) is 8.83. The van der Waals surface area contributed by atoms with Gasteiger partial charge in [0, 0.05) is 37.4 Å². The molecule has 1 saturated carbocycles. The first-order valence-corrected chi connectivity index (χ1v) is 6.79. The highest BCUT2D eigenvalue weighted by Gasteiger charge is 2.21. The molecule has 2 aliphatic rings. The Morgan fingerprint density at radius 2 is 2.28 bits per heavy atom. The normalized spacial score (nSPS) is 19.3. The first kappa shape index (κ1) is 11.7. The molecule has 4 nitrogen and oxygen atoms in total. The van der Waals surface area contributed by atoms with E-state index in [4.69, 9.17) is 0 Å². The maximum absolute atomic E-state index is 4.64. The zero-order chi connectivity index (χ0) is 12.4. The Morgan fingerprint density at radius 3 is 3.00 bits per heavy atom. The second-order valence-corrected chi connectivity index (χ2v) is 5.13. The molecule has 3 rings (SSSR count). The summed E-state index contributed by atoms with van der Waals surface area (Å²) in [4.78, 5) is 11.3. The Morgan fingerprint density at radius 1 is 1.39 bits per heavy atom. The number of rotatable bonds is 4. The molecule has 0 saturated heterocycles. The van der Waals surface area contributed by atoms with Gasteiger partial charge >= 0.3 is 0 Å². The number of hydrogen-bond acceptors (Lipinski definition) is 4. The Hall–Kier alpha value is -1.42. The van der Waals surface area contributed by atoms with Gasteiger partial charge in [-0.25, -0.2) is 9.97 Å². The molecule has 4 heteroatoms. The molecule has 1 aliphatic heterocycles. The van der Waals surface area contributed by atoms with E-state index in [1.165, 1.54) is 18.4 Å². The van der Waals surface area contributed by atoms with Crippen LogP contribution in [-0.4, -0.2) is 29.1 Å². The first-order valence-electron chi connectivity index (χ1n) is 6.79. The lowest BCUT2D eigenvalue weighted by Crippen LogP contribution is -2.30. The van der Waals surface area contributed by atoms with E-state index in [2.05, 4.69) is 32.3 Å². The Kier molecular flexibility index (Phi) is 3.28. The van der Waals surface area contributed by atoms with E-state index in [9.17, 15) is 0 Å². The number of aryl methyl sites for hydroxylation is 1. The van der Waals surface area contributed by atoms with Gasteiger partial charge in [0.2, 0.25) is 0 Å². The number of aromatic nitrogens is 2. The van der Waals surface area contributed by atoms with Crippen molar-refractivity contribution in [1.29, 1.82) is 0 Å². The summed E-state index contributed by atoms with van der Waals surface area (Å²) < 4.78 is 0. The summed E-state index contributed by atoms with van der Waals surface area (Å²) in [6, 6.07) is 0.723. The largest absolute Gasteiger partial charge is 0.352 e. The zero-order valence-corrected chi connectivity index (χ0v) is 10.9. The van der Waals surface area contributed by atoms with Crippen LogP contribution in [0.3, 0.4) is 0 Å². The van der Waals surface area contributed by atoms with E-state index in [1.54, 1.807) is 0 Å². The van der Waals surface area contributed by atoms with Crippen LogP contribution in [0.2, 0.25) is 0 Å². The molecule has 96 valence electrons. The van der Waals surface area contributed by atoms with Crippen LogP contribution in [0.5, 0.6) is 0 Å². The number of hydrogen-bond donors (Lipinski definition) is 1. The minimum atomic E-state index is 0.723. The van der Waals surface area contributed by atoms with Crippen molar-refractivity contribution in [2.45, 2.75) is 38.8 Å². The molecule has 1 fully saturated rings. The molecule has 0 atom stereocenters. The molecule has 2 heterocycles. The third-order valence-electron chi connectivity index (χ3n) is 3.48. The van der Waals surface area contributed by atoms with Gasteiger partial charge in [-0.2, -0.15) is 0 Å². The average molecular weight is 244 g/mol. The highest BCUT2D eigenvalue weighted by atomic mass is 15.2. The lowest BCUT2D eigenvalue weighted by atomic mass is 10.2. The third-order valence-corrected chi connectivity index (χ3v) is 3.48. The average Bonchev–Trinajstić information content (AvgIpc) is 3.22. The SMILES string of the molecule is Cc1ncc(CNC2CC2)c(N2CC=CCC2)n1. The molecule has 0 radical (unpaired) electrons. The molecule has 1 aromatic rings. The fourth-order valence-corrected chi connectivity index (χ4v) is 2.26. The van der Waals surface area contributed by atoms with Crippen molar-refractivity contribution < 1.29 is 0 Å². The van der Waals surface area contributed by atoms with Crippen LogP contribution < -0.4 is 10.2 Å². The van der Waals surface area contributed by atoms with Gasteiger partial charge in [-0.15, -0.1) is 0 Å². The summed E-state index contributed by atoms with van der Waals surface area (Å²) >= 11 is 0. The van der Waals surface area contributed by atoms with E-state index in [0.717, 1.165) is 43.7 Å². The van der Waals surface area contributed by atoms with Gasteiger partial charge in [-0.1, -0.05) is 12.2 Å². The molecule has 1 N–H and O–H groups in total. The van der Waals surface area contributed by atoms with E-state index in [0.29, 0.717) is 0 Å². The summed E-state index contributed by atoms with van der Waals surface area (Å²) in [5, 5.41) is 3.55. The maximum Gasteiger partial charge on any atom is 0.137 e. The highest BCUT2D eigenvalue weighted by Crippen LogP contribution is 2.23. The standard InChI is InChI=1S/C14H20N4/c1-11-15-9-12(10-16-13-5-6-13)14(17-11)18-7-3-2-4-8-18/h2-3,9,13,16H,4-8,10H2,1H3. The fourth-order valence-electron chi connectivity index (χ4n) is 2.26. The predicted octanol–water partition coefficient (Wildman–Crippen LogP) is 1.80. The number of nitrogens with zero attached hydrogens (tertiary/aromatic N) is 3. The minimum Gasteiger partial charge on any atom is -0.352 e. The summed E-state index contributed by atoms with van der Waals surface area (Å²) in [5.41, 5.74) is 1.22.